The summed E-state index contributed by atoms with van der Waals surface area (Å²) in [4.78, 5) is 4.58. The molecular weight excluding hydrogens is 292 g/mol. The van der Waals surface area contributed by atoms with Crippen LogP contribution in [0.3, 0.4) is 0 Å². The van der Waals surface area contributed by atoms with Gasteiger partial charge in [-0.1, -0.05) is 45.4 Å². The van der Waals surface area contributed by atoms with E-state index in [0.29, 0.717) is 5.92 Å². The Morgan fingerprint density at radius 3 is 2.25 bits per heavy atom. The van der Waals surface area contributed by atoms with Gasteiger partial charge in [0.15, 0.2) is 0 Å². The minimum Gasteiger partial charge on any atom is -0.351 e. The zero-order valence-electron chi connectivity index (χ0n) is 15.5. The summed E-state index contributed by atoms with van der Waals surface area (Å²) in [5, 5.41) is 0. The van der Waals surface area contributed by atoms with Gasteiger partial charge in [0.2, 0.25) is 0 Å². The van der Waals surface area contributed by atoms with E-state index in [-0.39, 0.29) is 0 Å². The Kier molecular flexibility index (Phi) is 5.65. The summed E-state index contributed by atoms with van der Waals surface area (Å²) in [5.74, 6) is 2.37. The highest BCUT2D eigenvalue weighted by Crippen LogP contribution is 2.42. The molecule has 2 aliphatic rings. The van der Waals surface area contributed by atoms with Gasteiger partial charge in [-0.05, 0) is 55.1 Å². The number of para-hydroxylation sites is 1. The van der Waals surface area contributed by atoms with Gasteiger partial charge in [-0.2, -0.15) is 0 Å². The number of anilines is 1. The summed E-state index contributed by atoms with van der Waals surface area (Å²) in [7, 11) is 0. The molecule has 0 saturated heterocycles. The van der Waals surface area contributed by atoms with E-state index in [1.54, 1.807) is 0 Å². The first-order chi connectivity index (χ1) is 11.7. The van der Waals surface area contributed by atoms with E-state index in [2.05, 4.69) is 79.6 Å². The lowest BCUT2D eigenvalue weighted by Crippen LogP contribution is -2.23. The SMILES string of the molecule is CCCCN1C=CN(c2ccccc2C2CC(C)CC(C)C2)C=C1. The van der Waals surface area contributed by atoms with Crippen molar-refractivity contribution in [3.8, 4) is 0 Å². The fourth-order valence-electron chi connectivity index (χ4n) is 4.33. The Labute approximate surface area is 147 Å². The van der Waals surface area contributed by atoms with Crippen molar-refractivity contribution in [3.63, 3.8) is 0 Å². The third kappa shape index (κ3) is 4.03. The van der Waals surface area contributed by atoms with Crippen LogP contribution in [0.5, 0.6) is 0 Å². The standard InChI is InChI=1S/C22H32N2/c1-4-5-10-23-11-13-24(14-12-23)22-9-7-6-8-21(22)20-16-18(2)15-19(3)17-20/h6-9,11-14,18-20H,4-5,10,15-17H2,1-3H3. The first-order valence-corrected chi connectivity index (χ1v) is 9.67. The monoisotopic (exact) mass is 324 g/mol. The van der Waals surface area contributed by atoms with Crippen LogP contribution in [0.15, 0.2) is 49.1 Å². The molecule has 1 heterocycles. The molecule has 0 N–H and O–H groups in total. The Morgan fingerprint density at radius 1 is 0.917 bits per heavy atom. The van der Waals surface area contributed by atoms with Crippen molar-refractivity contribution in [2.75, 3.05) is 11.4 Å². The van der Waals surface area contributed by atoms with E-state index in [1.165, 1.54) is 43.4 Å². The lowest BCUT2D eigenvalue weighted by atomic mass is 9.73. The van der Waals surface area contributed by atoms with E-state index < -0.39 is 0 Å². The molecule has 24 heavy (non-hydrogen) atoms. The summed E-state index contributed by atoms with van der Waals surface area (Å²) in [6.07, 6.45) is 15.3. The predicted molar refractivity (Wildman–Crippen MR) is 104 cm³/mol. The summed E-state index contributed by atoms with van der Waals surface area (Å²) in [6.45, 7) is 8.18. The average molecular weight is 325 g/mol. The molecular formula is C22H32N2. The molecule has 2 atom stereocenters. The van der Waals surface area contributed by atoms with Gasteiger partial charge in [-0.15, -0.1) is 0 Å². The molecule has 3 rings (SSSR count). The molecule has 1 aromatic rings. The predicted octanol–water partition coefficient (Wildman–Crippen LogP) is 6.09. The van der Waals surface area contributed by atoms with Crippen molar-refractivity contribution in [1.82, 2.24) is 4.90 Å². The Bertz CT molecular complexity index is 565. The van der Waals surface area contributed by atoms with Crippen molar-refractivity contribution in [1.29, 1.82) is 0 Å². The Balaban J connectivity index is 1.77. The molecule has 0 spiro atoms. The van der Waals surface area contributed by atoms with Crippen molar-refractivity contribution >= 4 is 5.69 Å². The largest absolute Gasteiger partial charge is 0.351 e. The first kappa shape index (κ1) is 17.1. The highest BCUT2D eigenvalue weighted by atomic mass is 15.2. The third-order valence-electron chi connectivity index (χ3n) is 5.44. The van der Waals surface area contributed by atoms with Gasteiger partial charge >= 0.3 is 0 Å². The maximum atomic E-state index is 2.41. The lowest BCUT2D eigenvalue weighted by Gasteiger charge is -2.34. The maximum Gasteiger partial charge on any atom is 0.0485 e. The molecule has 1 saturated carbocycles. The average Bonchev–Trinajstić information content (AvgIpc) is 2.59. The third-order valence-corrected chi connectivity index (χ3v) is 5.44. The van der Waals surface area contributed by atoms with Crippen LogP contribution in [-0.2, 0) is 0 Å². The molecule has 0 radical (unpaired) electrons. The van der Waals surface area contributed by atoms with Crippen LogP contribution in [0, 0.1) is 11.8 Å². The van der Waals surface area contributed by atoms with Crippen LogP contribution in [0.1, 0.15) is 64.4 Å². The van der Waals surface area contributed by atoms with Gasteiger partial charge < -0.3 is 9.80 Å². The fraction of sp³-hybridized carbons (Fsp3) is 0.545. The van der Waals surface area contributed by atoms with E-state index >= 15 is 0 Å². The van der Waals surface area contributed by atoms with E-state index in [9.17, 15) is 0 Å². The van der Waals surface area contributed by atoms with Crippen molar-refractivity contribution in [3.05, 3.63) is 54.6 Å². The second-order valence-electron chi connectivity index (χ2n) is 7.77. The smallest absolute Gasteiger partial charge is 0.0485 e. The quantitative estimate of drug-likeness (QED) is 0.646. The molecule has 1 aliphatic carbocycles. The fourth-order valence-corrected chi connectivity index (χ4v) is 4.33. The minimum absolute atomic E-state index is 0.694. The van der Waals surface area contributed by atoms with Crippen molar-refractivity contribution in [2.24, 2.45) is 11.8 Å². The minimum atomic E-state index is 0.694. The highest BCUT2D eigenvalue weighted by molar-refractivity contribution is 5.60. The number of nitrogens with zero attached hydrogens (tertiary/aromatic N) is 2. The number of hydrogen-bond acceptors (Lipinski definition) is 2. The molecule has 2 nitrogen and oxygen atoms in total. The molecule has 130 valence electrons. The molecule has 1 aliphatic heterocycles. The number of unbranched alkanes of at least 4 members (excludes halogenated alkanes) is 1. The molecule has 0 bridgehead atoms. The van der Waals surface area contributed by atoms with Gasteiger partial charge in [-0.3, -0.25) is 0 Å². The summed E-state index contributed by atoms with van der Waals surface area (Å²) in [5.41, 5.74) is 2.87. The van der Waals surface area contributed by atoms with Crippen LogP contribution in [-0.4, -0.2) is 11.4 Å². The number of hydrogen-bond donors (Lipinski definition) is 0. The molecule has 1 fully saturated rings. The molecule has 1 aromatic carbocycles. The highest BCUT2D eigenvalue weighted by Gasteiger charge is 2.27. The van der Waals surface area contributed by atoms with Crippen molar-refractivity contribution < 1.29 is 0 Å². The van der Waals surface area contributed by atoms with E-state index in [1.807, 2.05) is 0 Å². The van der Waals surface area contributed by atoms with Crippen LogP contribution in [0.2, 0.25) is 0 Å². The zero-order chi connectivity index (χ0) is 16.9. The number of benzene rings is 1. The molecule has 0 amide bonds. The maximum absolute atomic E-state index is 2.41. The van der Waals surface area contributed by atoms with E-state index in [4.69, 9.17) is 0 Å². The van der Waals surface area contributed by atoms with E-state index in [0.717, 1.165) is 18.4 Å². The Hall–Kier alpha value is -1.70. The van der Waals surface area contributed by atoms with Gasteiger partial charge in [0.1, 0.15) is 0 Å². The van der Waals surface area contributed by atoms with Crippen molar-refractivity contribution in [2.45, 2.75) is 58.8 Å². The second kappa shape index (κ2) is 7.92. The number of rotatable bonds is 5. The Morgan fingerprint density at radius 2 is 1.58 bits per heavy atom. The molecule has 0 aromatic heterocycles. The summed E-state index contributed by atoms with van der Waals surface area (Å²) >= 11 is 0. The van der Waals surface area contributed by atoms with Crippen LogP contribution < -0.4 is 4.90 Å². The van der Waals surface area contributed by atoms with Crippen LogP contribution in [0.25, 0.3) is 0 Å². The second-order valence-corrected chi connectivity index (χ2v) is 7.77. The zero-order valence-corrected chi connectivity index (χ0v) is 15.5. The van der Waals surface area contributed by atoms with Gasteiger partial charge in [-0.25, -0.2) is 0 Å². The van der Waals surface area contributed by atoms with Gasteiger partial charge in [0.05, 0.1) is 0 Å². The topological polar surface area (TPSA) is 6.48 Å². The molecule has 2 unspecified atom stereocenters. The molecule has 2 heteroatoms. The van der Waals surface area contributed by atoms with Gasteiger partial charge in [0, 0.05) is 37.0 Å². The van der Waals surface area contributed by atoms with Crippen LogP contribution in [0.4, 0.5) is 5.69 Å². The lowest BCUT2D eigenvalue weighted by molar-refractivity contribution is 0.268. The first-order valence-electron chi connectivity index (χ1n) is 9.67. The summed E-state index contributed by atoms with van der Waals surface area (Å²) < 4.78 is 0. The van der Waals surface area contributed by atoms with Gasteiger partial charge in [0.25, 0.3) is 0 Å². The van der Waals surface area contributed by atoms with Crippen LogP contribution >= 0.6 is 0 Å². The summed E-state index contributed by atoms with van der Waals surface area (Å²) in [6, 6.07) is 8.99. The normalized spacial score (nSPS) is 26.9.